The molecule has 0 aromatic carbocycles. The van der Waals surface area contributed by atoms with Crippen molar-refractivity contribution in [1.29, 1.82) is 0 Å². The minimum Gasteiger partial charge on any atom is -0.276 e. The van der Waals surface area contributed by atoms with E-state index in [2.05, 4.69) is 20.9 Å². The minimum absolute atomic E-state index is 0.156. The summed E-state index contributed by atoms with van der Waals surface area (Å²) in [6.45, 7) is 1.75. The summed E-state index contributed by atoms with van der Waals surface area (Å²) in [7, 11) is 0. The van der Waals surface area contributed by atoms with E-state index < -0.39 is 0 Å². The molecule has 0 amide bonds. The Morgan fingerprint density at radius 1 is 1.58 bits per heavy atom. The molecule has 12 heavy (non-hydrogen) atoms. The van der Waals surface area contributed by atoms with Crippen molar-refractivity contribution in [3.05, 3.63) is 22.1 Å². The van der Waals surface area contributed by atoms with Crippen LogP contribution < -0.4 is 16.4 Å². The Morgan fingerprint density at radius 3 is 3.25 bits per heavy atom. The number of hydrogen-bond acceptors (Lipinski definition) is 5. The van der Waals surface area contributed by atoms with Crippen molar-refractivity contribution in [3.63, 3.8) is 0 Å². The Bertz CT molecular complexity index is 393. The largest absolute Gasteiger partial charge is 0.276 e. The van der Waals surface area contributed by atoms with Gasteiger partial charge in [0, 0.05) is 11.8 Å². The fraction of sp³-hybridized carbons (Fsp3) is 0.167. The van der Waals surface area contributed by atoms with Crippen molar-refractivity contribution in [3.8, 4) is 0 Å². The first-order chi connectivity index (χ1) is 5.77. The highest BCUT2D eigenvalue weighted by atomic mass is 16.1. The molecule has 1 aromatic heterocycles. The fourth-order valence-electron chi connectivity index (χ4n) is 0.973. The molecule has 6 nitrogen and oxygen atoms in total. The Labute approximate surface area is 67.9 Å². The SMILES string of the molecule is Cc1cc(=O)n2c(n1)NN=CN2. The molecule has 2 rings (SSSR count). The van der Waals surface area contributed by atoms with Crippen molar-refractivity contribution in [2.75, 3.05) is 10.9 Å². The lowest BCUT2D eigenvalue weighted by Gasteiger charge is -2.13. The standard InChI is InChI=1S/C6H7N5O/c1-4-2-5(12)11-6(9-4)10-7-3-8-11/h2-3H,1H3,(H,7,8)(H,9,10). The van der Waals surface area contributed by atoms with Gasteiger partial charge in [-0.3, -0.25) is 10.2 Å². The summed E-state index contributed by atoms with van der Waals surface area (Å²) in [5.74, 6) is 0.405. The van der Waals surface area contributed by atoms with E-state index in [4.69, 9.17) is 0 Å². The van der Waals surface area contributed by atoms with Gasteiger partial charge in [0.2, 0.25) is 5.95 Å². The summed E-state index contributed by atoms with van der Waals surface area (Å²) in [6, 6.07) is 1.44. The maximum atomic E-state index is 11.2. The molecule has 0 aliphatic carbocycles. The highest BCUT2D eigenvalue weighted by Crippen LogP contribution is 2.00. The molecule has 0 atom stereocenters. The summed E-state index contributed by atoms with van der Waals surface area (Å²) in [4.78, 5) is 15.3. The smallest absolute Gasteiger partial charge is 0.274 e. The first kappa shape index (κ1) is 6.84. The van der Waals surface area contributed by atoms with E-state index in [9.17, 15) is 4.79 Å². The zero-order valence-electron chi connectivity index (χ0n) is 6.40. The third-order valence-electron chi connectivity index (χ3n) is 1.46. The molecule has 1 aliphatic heterocycles. The van der Waals surface area contributed by atoms with Crippen LogP contribution >= 0.6 is 0 Å². The van der Waals surface area contributed by atoms with Gasteiger partial charge in [0.25, 0.3) is 5.56 Å². The Morgan fingerprint density at radius 2 is 2.42 bits per heavy atom. The Hall–Kier alpha value is -1.85. The number of hydrogen-bond donors (Lipinski definition) is 2. The Balaban J connectivity index is 2.65. The van der Waals surface area contributed by atoms with Gasteiger partial charge in [-0.25, -0.2) is 10.4 Å². The van der Waals surface area contributed by atoms with Gasteiger partial charge < -0.3 is 0 Å². The Kier molecular flexibility index (Phi) is 1.33. The fourth-order valence-corrected chi connectivity index (χ4v) is 0.973. The molecule has 0 fully saturated rings. The average Bonchev–Trinajstić information content (AvgIpc) is 2.04. The lowest BCUT2D eigenvalue weighted by atomic mass is 10.4. The predicted molar refractivity (Wildman–Crippen MR) is 44.7 cm³/mol. The van der Waals surface area contributed by atoms with Crippen LogP contribution in [0.25, 0.3) is 0 Å². The van der Waals surface area contributed by atoms with Gasteiger partial charge in [-0.15, -0.1) is 0 Å². The van der Waals surface area contributed by atoms with E-state index in [1.165, 1.54) is 17.1 Å². The lowest BCUT2D eigenvalue weighted by Crippen LogP contribution is -2.33. The van der Waals surface area contributed by atoms with Gasteiger partial charge in [0.05, 0.1) is 0 Å². The highest BCUT2D eigenvalue weighted by Gasteiger charge is 2.07. The normalized spacial score (nSPS) is 13.1. The van der Waals surface area contributed by atoms with E-state index >= 15 is 0 Å². The second-order valence-electron chi connectivity index (χ2n) is 2.39. The molecule has 2 N–H and O–H groups in total. The number of hydrazone groups is 1. The van der Waals surface area contributed by atoms with Crippen molar-refractivity contribution in [2.45, 2.75) is 6.92 Å². The van der Waals surface area contributed by atoms with Crippen LogP contribution in [0.1, 0.15) is 5.69 Å². The van der Waals surface area contributed by atoms with Gasteiger partial charge in [-0.1, -0.05) is 0 Å². The van der Waals surface area contributed by atoms with Gasteiger partial charge in [-0.05, 0) is 6.92 Å². The van der Waals surface area contributed by atoms with Gasteiger partial charge in [-0.2, -0.15) is 9.78 Å². The summed E-state index contributed by atoms with van der Waals surface area (Å²) >= 11 is 0. The first-order valence-corrected chi connectivity index (χ1v) is 3.42. The number of aromatic nitrogens is 2. The van der Waals surface area contributed by atoms with E-state index in [-0.39, 0.29) is 5.56 Å². The number of anilines is 1. The zero-order valence-corrected chi connectivity index (χ0v) is 6.40. The van der Waals surface area contributed by atoms with Crippen LogP contribution in [0.5, 0.6) is 0 Å². The maximum absolute atomic E-state index is 11.2. The number of fused-ring (bicyclic) bond motifs is 1. The minimum atomic E-state index is -0.156. The van der Waals surface area contributed by atoms with Crippen molar-refractivity contribution < 1.29 is 0 Å². The molecule has 2 heterocycles. The third-order valence-corrected chi connectivity index (χ3v) is 1.46. The average molecular weight is 165 g/mol. The molecule has 0 bridgehead atoms. The van der Waals surface area contributed by atoms with Crippen molar-refractivity contribution in [2.24, 2.45) is 5.10 Å². The molecule has 62 valence electrons. The van der Waals surface area contributed by atoms with Gasteiger partial charge in [0.15, 0.2) is 0 Å². The third kappa shape index (κ3) is 0.931. The van der Waals surface area contributed by atoms with Gasteiger partial charge in [0.1, 0.15) is 6.34 Å². The van der Waals surface area contributed by atoms with Crippen LogP contribution in [0.15, 0.2) is 16.0 Å². The highest BCUT2D eigenvalue weighted by molar-refractivity contribution is 5.67. The molecule has 0 saturated carbocycles. The number of nitrogens with one attached hydrogen (secondary N) is 2. The molecule has 0 radical (unpaired) electrons. The van der Waals surface area contributed by atoms with Crippen molar-refractivity contribution in [1.82, 2.24) is 9.66 Å². The van der Waals surface area contributed by atoms with E-state index in [0.29, 0.717) is 11.6 Å². The number of rotatable bonds is 0. The topological polar surface area (TPSA) is 71.3 Å². The molecule has 0 unspecified atom stereocenters. The molecule has 0 saturated heterocycles. The van der Waals surface area contributed by atoms with E-state index in [0.717, 1.165) is 0 Å². The van der Waals surface area contributed by atoms with E-state index in [1.54, 1.807) is 6.92 Å². The quantitative estimate of drug-likeness (QED) is 0.541. The van der Waals surface area contributed by atoms with Crippen LogP contribution in [-0.2, 0) is 0 Å². The van der Waals surface area contributed by atoms with Crippen LogP contribution in [0.4, 0.5) is 5.95 Å². The number of aryl methyl sites for hydroxylation is 1. The van der Waals surface area contributed by atoms with E-state index in [1.807, 2.05) is 0 Å². The summed E-state index contributed by atoms with van der Waals surface area (Å²) in [5.41, 5.74) is 5.76. The molecule has 6 heteroatoms. The molecular formula is C6H7N5O. The monoisotopic (exact) mass is 165 g/mol. The second-order valence-corrected chi connectivity index (χ2v) is 2.39. The molecular weight excluding hydrogens is 158 g/mol. The van der Waals surface area contributed by atoms with Crippen LogP contribution in [0.2, 0.25) is 0 Å². The maximum Gasteiger partial charge on any atom is 0.274 e. The van der Waals surface area contributed by atoms with Crippen molar-refractivity contribution >= 4 is 12.3 Å². The number of nitrogens with zero attached hydrogens (tertiary/aromatic N) is 3. The zero-order chi connectivity index (χ0) is 8.55. The molecule has 1 aliphatic rings. The first-order valence-electron chi connectivity index (χ1n) is 3.42. The summed E-state index contributed by atoms with van der Waals surface area (Å²) < 4.78 is 1.28. The summed E-state index contributed by atoms with van der Waals surface area (Å²) in [5, 5.41) is 3.69. The predicted octanol–water partition coefficient (Wildman–Crippen LogP) is -0.536. The van der Waals surface area contributed by atoms with Crippen LogP contribution in [0, 0.1) is 6.92 Å². The lowest BCUT2D eigenvalue weighted by molar-refractivity contribution is 0.848. The van der Waals surface area contributed by atoms with Crippen LogP contribution in [0.3, 0.4) is 0 Å². The van der Waals surface area contributed by atoms with Crippen LogP contribution in [-0.4, -0.2) is 16.0 Å². The second kappa shape index (κ2) is 2.33. The molecule has 0 spiro atoms. The summed E-state index contributed by atoms with van der Waals surface area (Å²) in [6.07, 6.45) is 1.38. The van der Waals surface area contributed by atoms with Gasteiger partial charge >= 0.3 is 0 Å². The molecule has 1 aromatic rings.